The normalized spacial score (nSPS) is 17.5. The van der Waals surface area contributed by atoms with Gasteiger partial charge in [0, 0.05) is 12.1 Å². The number of hydroxylamine groups is 1. The van der Waals surface area contributed by atoms with Gasteiger partial charge in [-0.25, -0.2) is 9.87 Å². The monoisotopic (exact) mass is 460 g/mol. The number of carbonyl (C=O) groups is 2. The number of hydrogen-bond acceptors (Lipinski definition) is 3. The lowest BCUT2D eigenvalue weighted by atomic mass is 9.97. The number of benzene rings is 3. The van der Waals surface area contributed by atoms with E-state index in [0.717, 1.165) is 29.5 Å². The van der Waals surface area contributed by atoms with Crippen molar-refractivity contribution < 1.29 is 18.8 Å². The van der Waals surface area contributed by atoms with Crippen LogP contribution in [0, 0.1) is 0 Å². The molecule has 0 aromatic heterocycles. The number of carbonyl (C=O) groups excluding carboxylic acids is 2. The van der Waals surface area contributed by atoms with Gasteiger partial charge >= 0.3 is 0 Å². The standard InChI is InChI=1S/C28H29FN2O3/c1-2-8-20-13-15-22(16-14-20)23-11-6-7-12-24(23)28(33)31-18-17-25(29)26(31)27(32)30-34-19-21-9-4-3-5-10-21/h3-7,9-16,25-26H,2,8,17-19H2,1H3,(H,30,32)/t25-,26+/m0/s1. The fraction of sp³-hybridized carbons (Fsp3) is 0.286. The summed E-state index contributed by atoms with van der Waals surface area (Å²) in [6, 6.07) is 23.5. The van der Waals surface area contributed by atoms with Crippen LogP contribution < -0.4 is 5.48 Å². The fourth-order valence-corrected chi connectivity index (χ4v) is 4.33. The number of aryl methyl sites for hydroxylation is 1. The molecule has 1 saturated heterocycles. The number of rotatable bonds is 8. The van der Waals surface area contributed by atoms with Crippen molar-refractivity contribution in [2.24, 2.45) is 0 Å². The van der Waals surface area contributed by atoms with Crippen LogP contribution >= 0.6 is 0 Å². The topological polar surface area (TPSA) is 58.6 Å². The van der Waals surface area contributed by atoms with Crippen molar-refractivity contribution in [3.63, 3.8) is 0 Å². The highest BCUT2D eigenvalue weighted by Crippen LogP contribution is 2.29. The minimum absolute atomic E-state index is 0.108. The first kappa shape index (κ1) is 23.6. The zero-order chi connectivity index (χ0) is 23.9. The van der Waals surface area contributed by atoms with Gasteiger partial charge in [-0.1, -0.05) is 86.1 Å². The molecule has 34 heavy (non-hydrogen) atoms. The number of halogens is 1. The van der Waals surface area contributed by atoms with Gasteiger partial charge in [-0.05, 0) is 41.2 Å². The summed E-state index contributed by atoms with van der Waals surface area (Å²) in [6.45, 7) is 2.46. The SMILES string of the molecule is CCCc1ccc(-c2ccccc2C(=O)N2CC[C@H](F)[C@@H]2C(=O)NOCc2ccccc2)cc1. The maximum atomic E-state index is 14.7. The number of amides is 2. The molecule has 2 amide bonds. The Kier molecular flexibility index (Phi) is 7.70. The Morgan fingerprint density at radius 3 is 2.41 bits per heavy atom. The Morgan fingerprint density at radius 1 is 0.971 bits per heavy atom. The van der Waals surface area contributed by atoms with Crippen LogP contribution in [0.5, 0.6) is 0 Å². The number of nitrogens with zero attached hydrogens (tertiary/aromatic N) is 1. The summed E-state index contributed by atoms with van der Waals surface area (Å²) >= 11 is 0. The van der Waals surface area contributed by atoms with Crippen LogP contribution in [0.25, 0.3) is 11.1 Å². The Balaban J connectivity index is 1.50. The Morgan fingerprint density at radius 2 is 1.68 bits per heavy atom. The molecule has 0 spiro atoms. The third-order valence-electron chi connectivity index (χ3n) is 6.07. The number of likely N-dealkylation sites (tertiary alicyclic amines) is 1. The van der Waals surface area contributed by atoms with Crippen LogP contribution in [-0.2, 0) is 22.7 Å². The highest BCUT2D eigenvalue weighted by Gasteiger charge is 2.43. The van der Waals surface area contributed by atoms with Crippen LogP contribution in [0.3, 0.4) is 0 Å². The molecule has 3 aromatic rings. The first-order valence-corrected chi connectivity index (χ1v) is 11.7. The first-order valence-electron chi connectivity index (χ1n) is 11.7. The Labute approximate surface area is 199 Å². The average Bonchev–Trinajstić information content (AvgIpc) is 3.26. The highest BCUT2D eigenvalue weighted by atomic mass is 19.1. The lowest BCUT2D eigenvalue weighted by molar-refractivity contribution is -0.140. The van der Waals surface area contributed by atoms with Crippen LogP contribution in [-0.4, -0.2) is 35.5 Å². The molecule has 0 aliphatic carbocycles. The van der Waals surface area contributed by atoms with E-state index < -0.39 is 18.1 Å². The number of nitrogens with one attached hydrogen (secondary N) is 1. The molecular weight excluding hydrogens is 431 g/mol. The predicted octanol–water partition coefficient (Wildman–Crippen LogP) is 5.11. The van der Waals surface area contributed by atoms with Gasteiger partial charge in [-0.3, -0.25) is 14.4 Å². The second-order valence-corrected chi connectivity index (χ2v) is 8.48. The molecular formula is C28H29FN2O3. The molecule has 1 fully saturated rings. The summed E-state index contributed by atoms with van der Waals surface area (Å²) in [7, 11) is 0. The van der Waals surface area contributed by atoms with Gasteiger partial charge in [-0.2, -0.15) is 0 Å². The van der Waals surface area contributed by atoms with E-state index in [4.69, 9.17) is 4.84 Å². The summed E-state index contributed by atoms with van der Waals surface area (Å²) in [6.07, 6.45) is 0.711. The molecule has 4 rings (SSSR count). The zero-order valence-corrected chi connectivity index (χ0v) is 19.2. The van der Waals surface area contributed by atoms with Gasteiger partial charge < -0.3 is 4.90 Å². The van der Waals surface area contributed by atoms with Gasteiger partial charge in [0.1, 0.15) is 12.2 Å². The lowest BCUT2D eigenvalue weighted by Gasteiger charge is -2.25. The van der Waals surface area contributed by atoms with Gasteiger partial charge in [0.05, 0.1) is 6.61 Å². The molecule has 1 aliphatic heterocycles. The summed E-state index contributed by atoms with van der Waals surface area (Å²) in [5, 5.41) is 0. The molecule has 5 nitrogen and oxygen atoms in total. The molecule has 2 atom stereocenters. The van der Waals surface area contributed by atoms with Crippen LogP contribution in [0.4, 0.5) is 4.39 Å². The van der Waals surface area contributed by atoms with E-state index in [9.17, 15) is 14.0 Å². The maximum absolute atomic E-state index is 14.7. The van der Waals surface area contributed by atoms with E-state index in [-0.39, 0.29) is 25.5 Å². The van der Waals surface area contributed by atoms with Crippen molar-refractivity contribution in [1.82, 2.24) is 10.4 Å². The fourth-order valence-electron chi connectivity index (χ4n) is 4.33. The smallest absolute Gasteiger partial charge is 0.269 e. The van der Waals surface area contributed by atoms with E-state index in [1.54, 1.807) is 12.1 Å². The molecule has 0 bridgehead atoms. The van der Waals surface area contributed by atoms with Crippen LogP contribution in [0.2, 0.25) is 0 Å². The van der Waals surface area contributed by atoms with E-state index >= 15 is 0 Å². The van der Waals surface area contributed by atoms with Gasteiger partial charge in [-0.15, -0.1) is 0 Å². The molecule has 1 heterocycles. The van der Waals surface area contributed by atoms with Crippen LogP contribution in [0.1, 0.15) is 41.3 Å². The van der Waals surface area contributed by atoms with Crippen LogP contribution in [0.15, 0.2) is 78.9 Å². The van der Waals surface area contributed by atoms with E-state index in [2.05, 4.69) is 24.5 Å². The largest absolute Gasteiger partial charge is 0.323 e. The molecule has 176 valence electrons. The highest BCUT2D eigenvalue weighted by molar-refractivity contribution is 6.03. The van der Waals surface area contributed by atoms with E-state index in [1.165, 1.54) is 10.5 Å². The molecule has 1 aliphatic rings. The lowest BCUT2D eigenvalue weighted by Crippen LogP contribution is -2.49. The number of hydrogen-bond donors (Lipinski definition) is 1. The zero-order valence-electron chi connectivity index (χ0n) is 19.2. The average molecular weight is 461 g/mol. The molecule has 0 unspecified atom stereocenters. The summed E-state index contributed by atoms with van der Waals surface area (Å²) < 4.78 is 14.7. The minimum Gasteiger partial charge on any atom is -0.323 e. The van der Waals surface area contributed by atoms with Gasteiger partial charge in [0.2, 0.25) is 0 Å². The first-order chi connectivity index (χ1) is 16.6. The van der Waals surface area contributed by atoms with Crippen molar-refractivity contribution in [3.8, 4) is 11.1 Å². The minimum atomic E-state index is -1.45. The molecule has 0 radical (unpaired) electrons. The Bertz CT molecular complexity index is 1120. The van der Waals surface area contributed by atoms with Crippen molar-refractivity contribution in [2.45, 2.75) is 45.0 Å². The quantitative estimate of drug-likeness (QED) is 0.476. The summed E-state index contributed by atoms with van der Waals surface area (Å²) in [4.78, 5) is 32.9. The van der Waals surface area contributed by atoms with Crippen molar-refractivity contribution in [1.29, 1.82) is 0 Å². The van der Waals surface area contributed by atoms with Gasteiger partial charge in [0.15, 0.2) is 0 Å². The summed E-state index contributed by atoms with van der Waals surface area (Å²) in [5.74, 6) is -1.02. The number of alkyl halides is 1. The maximum Gasteiger partial charge on any atom is 0.269 e. The second-order valence-electron chi connectivity index (χ2n) is 8.48. The predicted molar refractivity (Wildman–Crippen MR) is 130 cm³/mol. The Hall–Kier alpha value is -3.51. The second kappa shape index (κ2) is 11.1. The molecule has 0 saturated carbocycles. The summed E-state index contributed by atoms with van der Waals surface area (Å²) in [5.41, 5.74) is 6.56. The third-order valence-corrected chi connectivity index (χ3v) is 6.07. The molecule has 1 N–H and O–H groups in total. The van der Waals surface area contributed by atoms with E-state index in [0.29, 0.717) is 5.56 Å². The van der Waals surface area contributed by atoms with Crippen molar-refractivity contribution in [2.75, 3.05) is 6.54 Å². The van der Waals surface area contributed by atoms with Crippen molar-refractivity contribution >= 4 is 11.8 Å². The van der Waals surface area contributed by atoms with Crippen molar-refractivity contribution in [3.05, 3.63) is 95.6 Å². The molecule has 3 aromatic carbocycles. The molecule has 6 heteroatoms. The third kappa shape index (κ3) is 5.34. The van der Waals surface area contributed by atoms with E-state index in [1.807, 2.05) is 54.6 Å². The van der Waals surface area contributed by atoms with Gasteiger partial charge in [0.25, 0.3) is 11.8 Å².